The van der Waals surface area contributed by atoms with Crippen LogP contribution in [0.5, 0.6) is 0 Å². The summed E-state index contributed by atoms with van der Waals surface area (Å²) in [4.78, 5) is 12.5. The number of halogens is 1. The van der Waals surface area contributed by atoms with Crippen LogP contribution in [-0.2, 0) is 4.79 Å². The van der Waals surface area contributed by atoms with Crippen LogP contribution < -0.4 is 5.32 Å². The summed E-state index contributed by atoms with van der Waals surface area (Å²) in [5.41, 5.74) is 0.679. The highest BCUT2D eigenvalue weighted by Gasteiger charge is 2.52. The van der Waals surface area contributed by atoms with E-state index in [1.807, 2.05) is 0 Å². The van der Waals surface area contributed by atoms with Crippen molar-refractivity contribution < 1.29 is 9.18 Å². The Hall–Kier alpha value is -1.90. The quantitative estimate of drug-likeness (QED) is 0.757. The molecule has 0 saturated heterocycles. The molecule has 122 valence electrons. The Kier molecular flexibility index (Phi) is 5.27. The molecule has 0 aliphatic heterocycles. The predicted molar refractivity (Wildman–Crippen MR) is 91.5 cm³/mol. The zero-order valence-corrected chi connectivity index (χ0v) is 13.4. The van der Waals surface area contributed by atoms with E-state index in [-0.39, 0.29) is 17.6 Å². The first-order chi connectivity index (χ1) is 11.3. The smallest absolute Gasteiger partial charge is 0.228 e. The molecule has 2 aliphatic rings. The molecule has 1 fully saturated rings. The maximum atomic E-state index is 12.9. The molecule has 1 unspecified atom stereocenters. The van der Waals surface area contributed by atoms with E-state index in [0.717, 1.165) is 38.5 Å². The van der Waals surface area contributed by atoms with E-state index in [9.17, 15) is 9.18 Å². The normalized spacial score (nSPS) is 30.2. The number of carbonyl (C=O) groups excluding carboxylic acids is 1. The van der Waals surface area contributed by atoms with Gasteiger partial charge in [-0.1, -0.05) is 24.3 Å². The molecule has 1 aromatic rings. The Morgan fingerprint density at radius 2 is 1.39 bits per heavy atom. The zero-order chi connectivity index (χ0) is 16.1. The molecule has 2 aliphatic carbocycles. The molecule has 3 rings (SSSR count). The summed E-state index contributed by atoms with van der Waals surface area (Å²) in [6.07, 6.45) is 15.5. The van der Waals surface area contributed by atoms with Gasteiger partial charge in [0.1, 0.15) is 5.82 Å². The first-order valence-electron chi connectivity index (χ1n) is 8.62. The minimum atomic E-state index is -0.283. The van der Waals surface area contributed by atoms with Crippen molar-refractivity contribution in [3.05, 3.63) is 54.4 Å². The van der Waals surface area contributed by atoms with Crippen LogP contribution in [-0.4, -0.2) is 5.91 Å². The van der Waals surface area contributed by atoms with E-state index >= 15 is 0 Å². The molecular weight excluding hydrogens is 289 g/mol. The Morgan fingerprint density at radius 1 is 0.870 bits per heavy atom. The van der Waals surface area contributed by atoms with Gasteiger partial charge in [0.2, 0.25) is 5.91 Å². The van der Waals surface area contributed by atoms with Gasteiger partial charge in [-0.25, -0.2) is 4.39 Å². The van der Waals surface area contributed by atoms with Crippen LogP contribution in [0.4, 0.5) is 10.1 Å². The third-order valence-corrected chi connectivity index (χ3v) is 4.91. The lowest BCUT2D eigenvalue weighted by molar-refractivity contribution is -0.117. The number of carbonyl (C=O) groups is 1. The second-order valence-corrected chi connectivity index (χ2v) is 6.52. The largest absolute Gasteiger partial charge is 0.326 e. The van der Waals surface area contributed by atoms with Gasteiger partial charge in [0.25, 0.3) is 0 Å². The molecule has 2 nitrogen and oxygen atoms in total. The van der Waals surface area contributed by atoms with Gasteiger partial charge < -0.3 is 5.32 Å². The summed E-state index contributed by atoms with van der Waals surface area (Å²) >= 11 is 0. The second-order valence-electron chi connectivity index (χ2n) is 6.52. The molecule has 0 spiro atoms. The maximum absolute atomic E-state index is 12.9. The number of amides is 1. The van der Waals surface area contributed by atoms with Gasteiger partial charge >= 0.3 is 0 Å². The van der Waals surface area contributed by atoms with E-state index < -0.39 is 0 Å². The molecule has 1 amide bonds. The number of allylic oxidation sites excluding steroid dienone is 4. The van der Waals surface area contributed by atoms with Crippen molar-refractivity contribution in [2.75, 3.05) is 5.32 Å². The number of benzene rings is 1. The highest BCUT2D eigenvalue weighted by atomic mass is 19.1. The summed E-state index contributed by atoms with van der Waals surface area (Å²) in [6.45, 7) is 0. The standard InChI is InChI=1S/C20H24FNO/c21-15-11-13-16(14-12-15)22-20(23)19-17-9-7-5-3-1-2-4-6-8-10-18(17)19/h3-6,11-14,17-19H,1-2,7-10H2,(H,22,23)/b5-3-,6-4-/t17-,18+,19?. The molecule has 0 aromatic heterocycles. The summed E-state index contributed by atoms with van der Waals surface area (Å²) in [7, 11) is 0. The van der Waals surface area contributed by atoms with E-state index in [1.54, 1.807) is 12.1 Å². The summed E-state index contributed by atoms with van der Waals surface area (Å²) < 4.78 is 12.9. The highest BCUT2D eigenvalue weighted by Crippen LogP contribution is 2.52. The first kappa shape index (κ1) is 16.0. The van der Waals surface area contributed by atoms with Crippen LogP contribution >= 0.6 is 0 Å². The van der Waals surface area contributed by atoms with Crippen molar-refractivity contribution >= 4 is 11.6 Å². The molecular formula is C20H24FNO. The summed E-state index contributed by atoms with van der Waals surface area (Å²) in [6, 6.07) is 5.99. The maximum Gasteiger partial charge on any atom is 0.228 e. The Bertz CT molecular complexity index is 566. The molecule has 1 saturated carbocycles. The third-order valence-electron chi connectivity index (χ3n) is 4.91. The number of anilines is 1. The Balaban J connectivity index is 1.60. The van der Waals surface area contributed by atoms with Crippen LogP contribution in [0.1, 0.15) is 38.5 Å². The van der Waals surface area contributed by atoms with Crippen LogP contribution in [0, 0.1) is 23.6 Å². The number of nitrogens with one attached hydrogen (secondary N) is 1. The van der Waals surface area contributed by atoms with E-state index in [1.165, 1.54) is 12.1 Å². The third kappa shape index (κ3) is 4.31. The summed E-state index contributed by atoms with van der Waals surface area (Å²) in [5, 5.41) is 2.94. The highest BCUT2D eigenvalue weighted by molar-refractivity contribution is 5.94. The van der Waals surface area contributed by atoms with Crippen molar-refractivity contribution in [3.63, 3.8) is 0 Å². The van der Waals surface area contributed by atoms with Gasteiger partial charge in [0, 0.05) is 11.6 Å². The zero-order valence-electron chi connectivity index (χ0n) is 13.4. The average Bonchev–Trinajstić information content (AvgIpc) is 3.22. The van der Waals surface area contributed by atoms with Gasteiger partial charge in [-0.3, -0.25) is 4.79 Å². The van der Waals surface area contributed by atoms with Gasteiger partial charge in [0.05, 0.1) is 0 Å². The molecule has 1 N–H and O–H groups in total. The fraction of sp³-hybridized carbons (Fsp3) is 0.450. The summed E-state index contributed by atoms with van der Waals surface area (Å²) in [5.74, 6) is 0.909. The first-order valence-corrected chi connectivity index (χ1v) is 8.62. The molecule has 1 aromatic carbocycles. The van der Waals surface area contributed by atoms with Gasteiger partial charge in [-0.15, -0.1) is 0 Å². The number of fused-ring (bicyclic) bond motifs is 1. The lowest BCUT2D eigenvalue weighted by Gasteiger charge is -2.04. The van der Waals surface area contributed by atoms with Crippen molar-refractivity contribution in [2.24, 2.45) is 17.8 Å². The molecule has 0 heterocycles. The SMILES string of the molecule is O=C(Nc1ccc(F)cc1)C1[C@H]2CC/C=C\CC/C=C\CC[C@@H]12. The Labute approximate surface area is 137 Å². The molecule has 0 radical (unpaired) electrons. The van der Waals surface area contributed by atoms with Crippen LogP contribution in [0.2, 0.25) is 0 Å². The molecule has 0 bridgehead atoms. The van der Waals surface area contributed by atoms with Crippen molar-refractivity contribution in [1.82, 2.24) is 0 Å². The second kappa shape index (κ2) is 7.58. The lowest BCUT2D eigenvalue weighted by Crippen LogP contribution is -2.15. The van der Waals surface area contributed by atoms with Crippen LogP contribution in [0.15, 0.2) is 48.6 Å². The number of rotatable bonds is 2. The van der Waals surface area contributed by atoms with E-state index in [2.05, 4.69) is 29.6 Å². The fourth-order valence-corrected chi connectivity index (χ4v) is 3.62. The Morgan fingerprint density at radius 3 is 1.96 bits per heavy atom. The predicted octanol–water partition coefficient (Wildman–Crippen LogP) is 5.09. The van der Waals surface area contributed by atoms with Crippen molar-refractivity contribution in [2.45, 2.75) is 38.5 Å². The van der Waals surface area contributed by atoms with Crippen molar-refractivity contribution in [3.8, 4) is 0 Å². The monoisotopic (exact) mass is 313 g/mol. The van der Waals surface area contributed by atoms with E-state index in [0.29, 0.717) is 17.5 Å². The fourth-order valence-electron chi connectivity index (χ4n) is 3.62. The van der Waals surface area contributed by atoms with Gasteiger partial charge in [-0.2, -0.15) is 0 Å². The minimum Gasteiger partial charge on any atom is -0.326 e. The van der Waals surface area contributed by atoms with Gasteiger partial charge in [0.15, 0.2) is 0 Å². The molecule has 3 heteroatoms. The van der Waals surface area contributed by atoms with Crippen molar-refractivity contribution in [1.29, 1.82) is 0 Å². The minimum absolute atomic E-state index is 0.0921. The molecule has 23 heavy (non-hydrogen) atoms. The number of hydrogen-bond donors (Lipinski definition) is 1. The lowest BCUT2D eigenvalue weighted by atomic mass is 10.1. The van der Waals surface area contributed by atoms with Crippen LogP contribution in [0.25, 0.3) is 0 Å². The topological polar surface area (TPSA) is 29.1 Å². The van der Waals surface area contributed by atoms with Gasteiger partial charge in [-0.05, 0) is 74.6 Å². The molecule has 3 atom stereocenters. The average molecular weight is 313 g/mol. The van der Waals surface area contributed by atoms with Crippen LogP contribution in [0.3, 0.4) is 0 Å². The number of hydrogen-bond acceptors (Lipinski definition) is 1. The van der Waals surface area contributed by atoms with E-state index in [4.69, 9.17) is 0 Å².